The molecular formula is C27H36N4O4. The molecule has 4 heterocycles. The van der Waals surface area contributed by atoms with Gasteiger partial charge in [0, 0.05) is 61.8 Å². The van der Waals surface area contributed by atoms with Gasteiger partial charge in [0.2, 0.25) is 0 Å². The van der Waals surface area contributed by atoms with E-state index in [0.29, 0.717) is 18.2 Å². The molecule has 8 nitrogen and oxygen atoms in total. The van der Waals surface area contributed by atoms with Crippen LogP contribution in [0, 0.1) is 5.92 Å². The summed E-state index contributed by atoms with van der Waals surface area (Å²) in [5.74, 6) is 1.03. The smallest absolute Gasteiger partial charge is 0.267 e. The maximum Gasteiger partial charge on any atom is 0.267 e. The number of likely N-dealkylation sites (tertiary alicyclic amines) is 2. The molecule has 0 unspecified atom stereocenters. The summed E-state index contributed by atoms with van der Waals surface area (Å²) in [5.41, 5.74) is 2.41. The zero-order valence-corrected chi connectivity index (χ0v) is 20.4. The minimum absolute atomic E-state index is 0.0682. The van der Waals surface area contributed by atoms with E-state index in [1.54, 1.807) is 12.5 Å². The topological polar surface area (TPSA) is 94.0 Å². The van der Waals surface area contributed by atoms with Gasteiger partial charge >= 0.3 is 0 Å². The Kier molecular flexibility index (Phi) is 7.41. The zero-order valence-electron chi connectivity index (χ0n) is 20.4. The molecule has 0 radical (unpaired) electrons. The third-order valence-corrected chi connectivity index (χ3v) is 7.44. The molecule has 188 valence electrons. The van der Waals surface area contributed by atoms with Gasteiger partial charge in [-0.05, 0) is 49.4 Å². The van der Waals surface area contributed by atoms with Crippen LogP contribution >= 0.6 is 0 Å². The average molecular weight is 481 g/mol. The number of nitrogens with one attached hydrogen (secondary N) is 2. The first-order chi connectivity index (χ1) is 17.0. The van der Waals surface area contributed by atoms with Crippen LogP contribution in [0.1, 0.15) is 42.2 Å². The number of furan rings is 1. The summed E-state index contributed by atoms with van der Waals surface area (Å²) < 4.78 is 11.1. The quantitative estimate of drug-likeness (QED) is 0.458. The number of piperidine rings is 2. The number of nitrogens with zero attached hydrogens (tertiary/aromatic N) is 2. The van der Waals surface area contributed by atoms with Gasteiger partial charge in [0.25, 0.3) is 5.91 Å². The molecule has 2 aliphatic rings. The highest BCUT2D eigenvalue weighted by atomic mass is 16.5. The molecule has 2 fully saturated rings. The fourth-order valence-corrected chi connectivity index (χ4v) is 5.18. The van der Waals surface area contributed by atoms with Gasteiger partial charge in [-0.15, -0.1) is 0 Å². The number of hydrogen-bond acceptors (Lipinski definition) is 6. The fraction of sp³-hybridized carbons (Fsp3) is 0.519. The standard InChI is InChI=1S/C27H36N4O4/c1-19-16-31(11-7-25(19)32)13-12-30-9-5-21(6-10-30)28-27(33)24-15-22-23(29-24)3-2-4-26(22)35-18-20-8-14-34-17-20/h2-4,8,14-15,17,19,21,25,29,32H,5-7,9-13,16,18H2,1H3,(H,28,33)/t19-,25-/m0/s1. The van der Waals surface area contributed by atoms with Crippen molar-refractivity contribution < 1.29 is 19.1 Å². The van der Waals surface area contributed by atoms with Crippen molar-refractivity contribution >= 4 is 16.8 Å². The second-order valence-electron chi connectivity index (χ2n) is 10.0. The maximum atomic E-state index is 13.0. The summed E-state index contributed by atoms with van der Waals surface area (Å²) in [4.78, 5) is 21.2. The van der Waals surface area contributed by atoms with Crippen LogP contribution in [0.15, 0.2) is 47.3 Å². The van der Waals surface area contributed by atoms with E-state index in [-0.39, 0.29) is 18.1 Å². The summed E-state index contributed by atoms with van der Waals surface area (Å²) in [6.07, 6.45) is 5.94. The molecule has 35 heavy (non-hydrogen) atoms. The first kappa shape index (κ1) is 23.9. The Morgan fingerprint density at radius 3 is 2.74 bits per heavy atom. The lowest BCUT2D eigenvalue weighted by molar-refractivity contribution is 0.0301. The molecule has 2 saturated heterocycles. The van der Waals surface area contributed by atoms with Gasteiger partial charge in [0.1, 0.15) is 18.1 Å². The highest BCUT2D eigenvalue weighted by Crippen LogP contribution is 2.27. The predicted molar refractivity (Wildman–Crippen MR) is 134 cm³/mol. The van der Waals surface area contributed by atoms with Crippen LogP contribution in [0.3, 0.4) is 0 Å². The number of hydrogen-bond donors (Lipinski definition) is 3. The van der Waals surface area contributed by atoms with Gasteiger partial charge in [0.15, 0.2) is 0 Å². The molecule has 1 amide bonds. The number of rotatable bonds is 8. The van der Waals surface area contributed by atoms with Crippen molar-refractivity contribution in [1.29, 1.82) is 0 Å². The monoisotopic (exact) mass is 480 g/mol. The molecule has 2 aromatic heterocycles. The number of carbonyl (C=O) groups excluding carboxylic acids is 1. The van der Waals surface area contributed by atoms with E-state index in [1.807, 2.05) is 30.3 Å². The lowest BCUT2D eigenvalue weighted by atomic mass is 9.97. The Hall–Kier alpha value is -2.81. The number of H-pyrrole nitrogens is 1. The largest absolute Gasteiger partial charge is 0.488 e. The third kappa shape index (κ3) is 5.89. The summed E-state index contributed by atoms with van der Waals surface area (Å²) in [7, 11) is 0. The van der Waals surface area contributed by atoms with Gasteiger partial charge in [-0.3, -0.25) is 4.79 Å². The van der Waals surface area contributed by atoms with Crippen molar-refractivity contribution in [3.05, 3.63) is 54.1 Å². The molecule has 8 heteroatoms. The van der Waals surface area contributed by atoms with E-state index in [0.717, 1.165) is 80.7 Å². The Bertz CT molecular complexity index is 1100. The van der Waals surface area contributed by atoms with E-state index >= 15 is 0 Å². The van der Waals surface area contributed by atoms with Crippen molar-refractivity contribution in [3.8, 4) is 5.75 Å². The van der Waals surface area contributed by atoms with E-state index in [1.165, 1.54) is 0 Å². The first-order valence-corrected chi connectivity index (χ1v) is 12.7. The Balaban J connectivity index is 1.10. The van der Waals surface area contributed by atoms with Gasteiger partial charge in [0.05, 0.1) is 18.6 Å². The molecule has 3 aromatic rings. The van der Waals surface area contributed by atoms with Crippen molar-refractivity contribution in [2.24, 2.45) is 5.92 Å². The van der Waals surface area contributed by atoms with Crippen LogP contribution in [-0.4, -0.2) is 77.2 Å². The number of aliphatic hydroxyl groups excluding tert-OH is 1. The molecule has 2 aliphatic heterocycles. The molecule has 3 N–H and O–H groups in total. The number of fused-ring (bicyclic) bond motifs is 1. The van der Waals surface area contributed by atoms with E-state index < -0.39 is 0 Å². The number of aliphatic hydroxyl groups is 1. The Labute approximate surface area is 206 Å². The van der Waals surface area contributed by atoms with Crippen LogP contribution < -0.4 is 10.1 Å². The van der Waals surface area contributed by atoms with Crippen molar-refractivity contribution in [2.45, 2.75) is 44.9 Å². The first-order valence-electron chi connectivity index (χ1n) is 12.7. The van der Waals surface area contributed by atoms with E-state index in [2.05, 4.69) is 27.0 Å². The third-order valence-electron chi connectivity index (χ3n) is 7.44. The normalized spacial score (nSPS) is 22.5. The second kappa shape index (κ2) is 10.8. The SMILES string of the molecule is C[C@H]1CN(CCN2CCC(NC(=O)c3cc4c(OCc5ccoc5)cccc4[nH]3)CC2)CC[C@@H]1O. The molecule has 1 aromatic carbocycles. The summed E-state index contributed by atoms with van der Waals surface area (Å²) in [6, 6.07) is 9.74. The number of amides is 1. The molecule has 0 saturated carbocycles. The van der Waals surface area contributed by atoms with Gasteiger partial charge < -0.3 is 34.4 Å². The lowest BCUT2D eigenvalue weighted by Gasteiger charge is -2.37. The second-order valence-corrected chi connectivity index (χ2v) is 10.0. The number of ether oxygens (including phenoxy) is 1. The number of carbonyl (C=O) groups is 1. The highest BCUT2D eigenvalue weighted by molar-refractivity contribution is 5.99. The number of benzene rings is 1. The van der Waals surface area contributed by atoms with Crippen LogP contribution in [-0.2, 0) is 6.61 Å². The molecule has 0 aliphatic carbocycles. The minimum Gasteiger partial charge on any atom is -0.488 e. The molecule has 5 rings (SSSR count). The Morgan fingerprint density at radius 1 is 1.17 bits per heavy atom. The van der Waals surface area contributed by atoms with E-state index in [9.17, 15) is 9.90 Å². The Morgan fingerprint density at radius 2 is 1.97 bits per heavy atom. The highest BCUT2D eigenvalue weighted by Gasteiger charge is 2.26. The molecule has 0 spiro atoms. The maximum absolute atomic E-state index is 13.0. The van der Waals surface area contributed by atoms with Gasteiger partial charge in [-0.25, -0.2) is 0 Å². The molecular weight excluding hydrogens is 444 g/mol. The van der Waals surface area contributed by atoms with Crippen LogP contribution in [0.2, 0.25) is 0 Å². The summed E-state index contributed by atoms with van der Waals surface area (Å²) >= 11 is 0. The van der Waals surface area contributed by atoms with Gasteiger partial charge in [-0.2, -0.15) is 0 Å². The fourth-order valence-electron chi connectivity index (χ4n) is 5.18. The summed E-state index contributed by atoms with van der Waals surface area (Å²) in [5, 5.41) is 14.0. The molecule has 0 bridgehead atoms. The average Bonchev–Trinajstić information content (AvgIpc) is 3.55. The number of aromatic amines is 1. The van der Waals surface area contributed by atoms with Crippen molar-refractivity contribution in [1.82, 2.24) is 20.1 Å². The van der Waals surface area contributed by atoms with Crippen LogP contribution in [0.25, 0.3) is 10.9 Å². The zero-order chi connectivity index (χ0) is 24.2. The van der Waals surface area contributed by atoms with Gasteiger partial charge in [-0.1, -0.05) is 13.0 Å². The van der Waals surface area contributed by atoms with Crippen molar-refractivity contribution in [3.63, 3.8) is 0 Å². The molecule has 2 atom stereocenters. The lowest BCUT2D eigenvalue weighted by Crippen LogP contribution is -2.48. The summed E-state index contributed by atoms with van der Waals surface area (Å²) in [6.45, 7) is 8.60. The van der Waals surface area contributed by atoms with E-state index in [4.69, 9.17) is 9.15 Å². The number of aromatic nitrogens is 1. The van der Waals surface area contributed by atoms with Crippen molar-refractivity contribution in [2.75, 3.05) is 39.3 Å². The predicted octanol–water partition coefficient (Wildman–Crippen LogP) is 3.24. The van der Waals surface area contributed by atoms with Crippen LogP contribution in [0.5, 0.6) is 5.75 Å². The van der Waals surface area contributed by atoms with Crippen LogP contribution in [0.4, 0.5) is 0 Å². The minimum atomic E-state index is -0.149.